The van der Waals surface area contributed by atoms with Crippen LogP contribution >= 0.6 is 11.3 Å². The molecule has 1 heterocycles. The Hall–Kier alpha value is -2.99. The first-order valence-electron chi connectivity index (χ1n) is 9.63. The molecular formula is C23H24N2O3S. The number of aromatic nitrogens is 1. The first kappa shape index (κ1) is 20.7. The summed E-state index contributed by atoms with van der Waals surface area (Å²) in [4.78, 5) is 29.1. The number of carbonyl (C=O) groups is 2. The van der Waals surface area contributed by atoms with E-state index >= 15 is 0 Å². The Morgan fingerprint density at radius 2 is 1.72 bits per heavy atom. The van der Waals surface area contributed by atoms with Crippen molar-refractivity contribution in [3.05, 3.63) is 77.3 Å². The van der Waals surface area contributed by atoms with Gasteiger partial charge in [0.05, 0.1) is 0 Å². The van der Waals surface area contributed by atoms with Gasteiger partial charge in [-0.25, -0.2) is 9.78 Å². The van der Waals surface area contributed by atoms with Crippen molar-refractivity contribution in [1.29, 1.82) is 0 Å². The zero-order valence-corrected chi connectivity index (χ0v) is 17.3. The number of hydrogen-bond donors (Lipinski definition) is 1. The number of carbonyl (C=O) groups excluding carboxylic acids is 2. The molecule has 3 rings (SSSR count). The molecule has 29 heavy (non-hydrogen) atoms. The van der Waals surface area contributed by atoms with E-state index in [9.17, 15) is 9.59 Å². The average Bonchev–Trinajstić information content (AvgIpc) is 3.26. The minimum atomic E-state index is -0.891. The molecule has 6 heteroatoms. The van der Waals surface area contributed by atoms with Gasteiger partial charge in [0.1, 0.15) is 5.01 Å². The summed E-state index contributed by atoms with van der Waals surface area (Å²) in [6.45, 7) is 4.15. The molecule has 0 saturated heterocycles. The van der Waals surface area contributed by atoms with Crippen LogP contribution in [-0.4, -0.2) is 29.5 Å². The maximum atomic E-state index is 12.4. The highest BCUT2D eigenvalue weighted by molar-refractivity contribution is 7.13. The fourth-order valence-electron chi connectivity index (χ4n) is 2.95. The van der Waals surface area contributed by atoms with Gasteiger partial charge in [-0.3, -0.25) is 4.79 Å². The van der Waals surface area contributed by atoms with Crippen LogP contribution in [0.5, 0.6) is 0 Å². The van der Waals surface area contributed by atoms with Crippen LogP contribution in [0.25, 0.3) is 10.6 Å². The molecule has 0 aliphatic heterocycles. The van der Waals surface area contributed by atoms with Crippen LogP contribution in [0.1, 0.15) is 42.2 Å². The summed E-state index contributed by atoms with van der Waals surface area (Å²) in [6, 6.07) is 19.7. The third kappa shape index (κ3) is 5.51. The Morgan fingerprint density at radius 3 is 2.38 bits per heavy atom. The Balaban J connectivity index is 1.54. The number of thiazole rings is 1. The topological polar surface area (TPSA) is 68.3 Å². The van der Waals surface area contributed by atoms with Crippen molar-refractivity contribution in [3.8, 4) is 10.6 Å². The molecule has 0 spiro atoms. The SMILES string of the molecule is CC[C@@H](CNC(=O)[C@@H](C)OC(=O)c1csc(-c2ccccc2)n1)c1ccccc1. The van der Waals surface area contributed by atoms with Crippen LogP contribution < -0.4 is 5.32 Å². The van der Waals surface area contributed by atoms with Crippen LogP contribution in [0.15, 0.2) is 66.0 Å². The van der Waals surface area contributed by atoms with Gasteiger partial charge in [0, 0.05) is 23.4 Å². The summed E-state index contributed by atoms with van der Waals surface area (Å²) < 4.78 is 5.31. The average molecular weight is 409 g/mol. The van der Waals surface area contributed by atoms with E-state index in [0.29, 0.717) is 6.54 Å². The highest BCUT2D eigenvalue weighted by Crippen LogP contribution is 2.24. The van der Waals surface area contributed by atoms with E-state index < -0.39 is 12.1 Å². The maximum Gasteiger partial charge on any atom is 0.358 e. The summed E-state index contributed by atoms with van der Waals surface area (Å²) in [6.07, 6.45) is 0.0113. The van der Waals surface area contributed by atoms with Gasteiger partial charge in [0.25, 0.3) is 5.91 Å². The van der Waals surface area contributed by atoms with Crippen molar-refractivity contribution in [2.45, 2.75) is 32.3 Å². The third-order valence-electron chi connectivity index (χ3n) is 4.67. The van der Waals surface area contributed by atoms with Gasteiger partial charge in [0.15, 0.2) is 11.8 Å². The van der Waals surface area contributed by atoms with Gasteiger partial charge < -0.3 is 10.1 Å². The quantitative estimate of drug-likeness (QED) is 0.550. The molecule has 0 fully saturated rings. The molecule has 2 atom stereocenters. The van der Waals surface area contributed by atoms with Crippen LogP contribution in [0.4, 0.5) is 0 Å². The van der Waals surface area contributed by atoms with Crippen LogP contribution in [0.3, 0.4) is 0 Å². The number of nitrogens with one attached hydrogen (secondary N) is 1. The van der Waals surface area contributed by atoms with Crippen LogP contribution in [-0.2, 0) is 9.53 Å². The monoisotopic (exact) mass is 408 g/mol. The number of benzene rings is 2. The van der Waals surface area contributed by atoms with Crippen LogP contribution in [0, 0.1) is 0 Å². The van der Waals surface area contributed by atoms with E-state index in [1.54, 1.807) is 12.3 Å². The fraction of sp³-hybridized carbons (Fsp3) is 0.261. The van der Waals surface area contributed by atoms with Crippen molar-refractivity contribution in [2.75, 3.05) is 6.54 Å². The minimum Gasteiger partial charge on any atom is -0.448 e. The lowest BCUT2D eigenvalue weighted by atomic mass is 9.96. The number of ether oxygens (including phenoxy) is 1. The molecule has 1 amide bonds. The summed E-state index contributed by atoms with van der Waals surface area (Å²) in [5, 5.41) is 5.28. The van der Waals surface area contributed by atoms with Gasteiger partial charge in [0.2, 0.25) is 0 Å². The molecule has 0 saturated carbocycles. The molecule has 0 aliphatic carbocycles. The van der Waals surface area contributed by atoms with Crippen molar-refractivity contribution in [1.82, 2.24) is 10.3 Å². The second-order valence-corrected chi connectivity index (χ2v) is 7.57. The lowest BCUT2D eigenvalue weighted by molar-refractivity contribution is -0.129. The molecule has 0 bridgehead atoms. The summed E-state index contributed by atoms with van der Waals surface area (Å²) in [5.74, 6) is -0.692. The first-order chi connectivity index (χ1) is 14.1. The predicted molar refractivity (Wildman–Crippen MR) is 115 cm³/mol. The van der Waals surface area contributed by atoms with E-state index in [-0.39, 0.29) is 17.5 Å². The fourth-order valence-corrected chi connectivity index (χ4v) is 3.74. The van der Waals surface area contributed by atoms with Crippen molar-refractivity contribution < 1.29 is 14.3 Å². The number of rotatable bonds is 8. The highest BCUT2D eigenvalue weighted by Gasteiger charge is 2.22. The molecule has 3 aromatic rings. The standard InChI is InChI=1S/C23H24N2O3S/c1-3-17(18-10-6-4-7-11-18)14-24-21(26)16(2)28-23(27)20-15-29-22(25-20)19-12-8-5-9-13-19/h4-13,15-17H,3,14H2,1-2H3,(H,24,26)/t16-,17+/m1/s1. The molecular weight excluding hydrogens is 384 g/mol. The van der Waals surface area contributed by atoms with Crippen LogP contribution in [0.2, 0.25) is 0 Å². The smallest absolute Gasteiger partial charge is 0.358 e. The number of hydrogen-bond acceptors (Lipinski definition) is 5. The number of amides is 1. The zero-order chi connectivity index (χ0) is 20.6. The molecule has 0 radical (unpaired) electrons. The summed E-state index contributed by atoms with van der Waals surface area (Å²) >= 11 is 1.37. The second kappa shape index (κ2) is 9.98. The molecule has 5 nitrogen and oxygen atoms in total. The Kier molecular flexibility index (Phi) is 7.14. The lowest BCUT2D eigenvalue weighted by Crippen LogP contribution is -2.38. The zero-order valence-electron chi connectivity index (χ0n) is 16.5. The number of nitrogens with zero attached hydrogens (tertiary/aromatic N) is 1. The Morgan fingerprint density at radius 1 is 1.07 bits per heavy atom. The van der Waals surface area contributed by atoms with E-state index in [4.69, 9.17) is 4.74 Å². The molecule has 2 aromatic carbocycles. The number of esters is 1. The molecule has 1 N–H and O–H groups in total. The normalized spacial score (nSPS) is 12.8. The molecule has 1 aromatic heterocycles. The Labute approximate surface area is 174 Å². The predicted octanol–water partition coefficient (Wildman–Crippen LogP) is 4.67. The van der Waals surface area contributed by atoms with Gasteiger partial charge in [-0.15, -0.1) is 11.3 Å². The van der Waals surface area contributed by atoms with Gasteiger partial charge in [-0.1, -0.05) is 67.6 Å². The van der Waals surface area contributed by atoms with E-state index in [1.165, 1.54) is 16.9 Å². The molecule has 150 valence electrons. The lowest BCUT2D eigenvalue weighted by Gasteiger charge is -2.18. The first-order valence-corrected chi connectivity index (χ1v) is 10.5. The van der Waals surface area contributed by atoms with Gasteiger partial charge >= 0.3 is 5.97 Å². The molecule has 0 unspecified atom stereocenters. The Bertz CT molecular complexity index is 941. The van der Waals surface area contributed by atoms with E-state index in [0.717, 1.165) is 17.0 Å². The van der Waals surface area contributed by atoms with E-state index in [1.807, 2.05) is 48.5 Å². The van der Waals surface area contributed by atoms with Crippen molar-refractivity contribution >= 4 is 23.2 Å². The second-order valence-electron chi connectivity index (χ2n) is 6.71. The largest absolute Gasteiger partial charge is 0.448 e. The highest BCUT2D eigenvalue weighted by atomic mass is 32.1. The van der Waals surface area contributed by atoms with Crippen molar-refractivity contribution in [3.63, 3.8) is 0 Å². The van der Waals surface area contributed by atoms with Gasteiger partial charge in [-0.2, -0.15) is 0 Å². The molecule has 0 aliphatic rings. The van der Waals surface area contributed by atoms with Gasteiger partial charge in [-0.05, 0) is 18.9 Å². The third-order valence-corrected chi connectivity index (χ3v) is 5.56. The summed E-state index contributed by atoms with van der Waals surface area (Å²) in [7, 11) is 0. The van der Waals surface area contributed by atoms with E-state index in [2.05, 4.69) is 29.4 Å². The summed E-state index contributed by atoms with van der Waals surface area (Å²) in [5.41, 5.74) is 2.33. The minimum absolute atomic E-state index is 0.212. The van der Waals surface area contributed by atoms with Crippen molar-refractivity contribution in [2.24, 2.45) is 0 Å². The maximum absolute atomic E-state index is 12.4.